The van der Waals surface area contributed by atoms with Crippen LogP contribution in [0.2, 0.25) is 25.7 Å². The molecule has 0 aliphatic rings. The lowest BCUT2D eigenvalue weighted by Gasteiger charge is -2.38. The molecular formula is C32H48N2O8S2Si. The van der Waals surface area contributed by atoms with Gasteiger partial charge in [0.05, 0.1) is 37.1 Å². The third kappa shape index (κ3) is 7.48. The van der Waals surface area contributed by atoms with Gasteiger partial charge >= 0.3 is 5.97 Å². The van der Waals surface area contributed by atoms with Crippen LogP contribution in [0, 0.1) is 20.8 Å². The molecule has 2 atom stereocenters. The van der Waals surface area contributed by atoms with Gasteiger partial charge in [0, 0.05) is 25.4 Å². The fraction of sp³-hybridized carbons (Fsp3) is 0.531. The van der Waals surface area contributed by atoms with E-state index in [9.17, 15) is 4.79 Å². The number of carbonyl (C=O) groups is 1. The molecule has 0 radical (unpaired) electrons. The van der Waals surface area contributed by atoms with Crippen LogP contribution in [-0.4, -0.2) is 74.1 Å². The van der Waals surface area contributed by atoms with Gasteiger partial charge in [0.25, 0.3) is 4.20 Å². The minimum Gasteiger partial charge on any atom is -0.496 e. The van der Waals surface area contributed by atoms with E-state index in [1.165, 1.54) is 13.2 Å². The van der Waals surface area contributed by atoms with Gasteiger partial charge in [-0.25, -0.2) is 16.8 Å². The van der Waals surface area contributed by atoms with Gasteiger partial charge in [-0.3, -0.25) is 10.1 Å². The van der Waals surface area contributed by atoms with E-state index in [1.807, 2.05) is 19.6 Å². The van der Waals surface area contributed by atoms with E-state index >= 15 is 16.8 Å². The lowest BCUT2D eigenvalue weighted by molar-refractivity contribution is -0.146. The maximum Gasteiger partial charge on any atom is 0.325 e. The number of methoxy groups -OCH3 is 2. The maximum absolute atomic E-state index is 15.5. The van der Waals surface area contributed by atoms with Crippen LogP contribution in [-0.2, 0) is 38.1 Å². The molecule has 1 heterocycles. The Bertz CT molecular complexity index is 1770. The number of aryl methyl sites for hydroxylation is 1. The summed E-state index contributed by atoms with van der Waals surface area (Å²) in [6.07, 6.45) is 1.69. The van der Waals surface area contributed by atoms with Crippen molar-refractivity contribution in [1.82, 2.24) is 10.3 Å². The maximum atomic E-state index is 15.5. The van der Waals surface area contributed by atoms with Crippen molar-refractivity contribution in [2.45, 2.75) is 88.0 Å². The van der Waals surface area contributed by atoms with Gasteiger partial charge in [-0.1, -0.05) is 25.7 Å². The first-order valence-electron chi connectivity index (χ1n) is 14.8. The molecule has 0 saturated heterocycles. The number of aromatic amines is 1. The molecule has 0 aliphatic carbocycles. The Kier molecular flexibility index (Phi) is 10.8. The number of carbonyl (C=O) groups excluding carboxylic acids is 1. The lowest BCUT2D eigenvalue weighted by Crippen LogP contribution is -2.62. The summed E-state index contributed by atoms with van der Waals surface area (Å²) in [6.45, 7) is 16.0. The van der Waals surface area contributed by atoms with Crippen molar-refractivity contribution in [3.05, 3.63) is 58.8 Å². The zero-order chi connectivity index (χ0) is 34.2. The van der Waals surface area contributed by atoms with Crippen LogP contribution in [0.25, 0.3) is 10.9 Å². The first kappa shape index (κ1) is 36.8. The van der Waals surface area contributed by atoms with E-state index in [1.54, 1.807) is 72.0 Å². The minimum atomic E-state index is -4.90. The van der Waals surface area contributed by atoms with Gasteiger partial charge < -0.3 is 19.2 Å². The molecule has 250 valence electrons. The second-order valence-electron chi connectivity index (χ2n) is 13.6. The number of hydrogen-bond acceptors (Lipinski definition) is 9. The zero-order valence-electron chi connectivity index (χ0n) is 28.2. The molecule has 0 saturated carbocycles. The number of hydrogen-bond donors (Lipinski definition) is 2. The van der Waals surface area contributed by atoms with E-state index < -0.39 is 55.3 Å². The molecule has 0 spiro atoms. The Morgan fingerprint density at radius 1 is 0.978 bits per heavy atom. The van der Waals surface area contributed by atoms with Crippen molar-refractivity contribution in [2.24, 2.45) is 0 Å². The average molecular weight is 681 g/mol. The van der Waals surface area contributed by atoms with Crippen LogP contribution in [0.5, 0.6) is 5.75 Å². The first-order valence-corrected chi connectivity index (χ1v) is 21.6. The summed E-state index contributed by atoms with van der Waals surface area (Å²) in [5.41, 5.74) is 1.14. The van der Waals surface area contributed by atoms with E-state index in [-0.39, 0.29) is 17.1 Å². The number of ether oxygens (including phenoxy) is 3. The van der Waals surface area contributed by atoms with Crippen LogP contribution in [0.1, 0.15) is 43.0 Å². The standard InChI is InChI=1S/C32H48N2O8S2Si/c1-21-18-28(40-7)22(2)23(3)29(21)44(38,39)32(43(36,37)16-17-45(9,10)11,25-12-13-26-24(19-25)14-15-33-26)34-27(30(35)41-8)20-42-31(4,5)6/h12-15,18-19,27,33-34H,16-17,20H2,1-11H3/t27?,32-/m1/s1. The van der Waals surface area contributed by atoms with Crippen molar-refractivity contribution in [3.63, 3.8) is 0 Å². The summed E-state index contributed by atoms with van der Waals surface area (Å²) in [6, 6.07) is 6.82. The topological polar surface area (TPSA) is 141 Å². The van der Waals surface area contributed by atoms with Gasteiger partial charge in [-0.15, -0.1) is 0 Å². The number of benzene rings is 2. The Morgan fingerprint density at radius 3 is 2.18 bits per heavy atom. The van der Waals surface area contributed by atoms with E-state index in [0.29, 0.717) is 39.4 Å². The Morgan fingerprint density at radius 2 is 1.62 bits per heavy atom. The smallest absolute Gasteiger partial charge is 0.325 e. The number of aromatic nitrogens is 1. The molecule has 45 heavy (non-hydrogen) atoms. The van der Waals surface area contributed by atoms with Crippen molar-refractivity contribution in [3.8, 4) is 5.75 Å². The van der Waals surface area contributed by atoms with Crippen molar-refractivity contribution in [1.29, 1.82) is 0 Å². The van der Waals surface area contributed by atoms with Crippen molar-refractivity contribution < 1.29 is 35.8 Å². The number of H-pyrrole nitrogens is 1. The van der Waals surface area contributed by atoms with Gasteiger partial charge in [0.1, 0.15) is 11.8 Å². The Hall–Kier alpha value is -2.71. The van der Waals surface area contributed by atoms with Crippen LogP contribution in [0.3, 0.4) is 0 Å². The molecule has 0 bridgehead atoms. The predicted octanol–water partition coefficient (Wildman–Crippen LogP) is 5.39. The van der Waals surface area contributed by atoms with Gasteiger partial charge in [0.15, 0.2) is 9.84 Å². The lowest BCUT2D eigenvalue weighted by atomic mass is 10.1. The van der Waals surface area contributed by atoms with Gasteiger partial charge in [-0.2, -0.15) is 0 Å². The van der Waals surface area contributed by atoms with Crippen LogP contribution in [0.4, 0.5) is 0 Å². The highest BCUT2D eigenvalue weighted by Gasteiger charge is 2.59. The van der Waals surface area contributed by atoms with Crippen LogP contribution < -0.4 is 10.1 Å². The molecule has 2 aromatic carbocycles. The second kappa shape index (κ2) is 13.2. The average Bonchev–Trinajstić information content (AvgIpc) is 3.40. The highest BCUT2D eigenvalue weighted by molar-refractivity contribution is 8.09. The Balaban J connectivity index is 2.55. The molecule has 10 nitrogen and oxygen atoms in total. The molecule has 1 aromatic heterocycles. The molecule has 13 heteroatoms. The summed E-state index contributed by atoms with van der Waals surface area (Å²) >= 11 is 0. The number of fused-ring (bicyclic) bond motifs is 1. The summed E-state index contributed by atoms with van der Waals surface area (Å²) in [5, 5.41) is 3.49. The van der Waals surface area contributed by atoms with Crippen LogP contribution >= 0.6 is 0 Å². The summed E-state index contributed by atoms with van der Waals surface area (Å²) in [5.74, 6) is -0.813. The Labute approximate surface area is 269 Å². The molecule has 0 amide bonds. The fourth-order valence-electron chi connectivity index (χ4n) is 5.26. The highest BCUT2D eigenvalue weighted by atomic mass is 32.3. The normalized spacial score (nSPS) is 15.1. The minimum absolute atomic E-state index is 0.0397. The predicted molar refractivity (Wildman–Crippen MR) is 181 cm³/mol. The molecular weight excluding hydrogens is 633 g/mol. The molecule has 3 rings (SSSR count). The third-order valence-corrected chi connectivity index (χ3v) is 15.7. The van der Waals surface area contributed by atoms with Gasteiger partial charge in [0.2, 0.25) is 9.84 Å². The van der Waals surface area contributed by atoms with Crippen LogP contribution in [0.15, 0.2) is 41.4 Å². The van der Waals surface area contributed by atoms with E-state index in [4.69, 9.17) is 14.2 Å². The quantitative estimate of drug-likeness (QED) is 0.180. The number of esters is 1. The SMILES string of the molecule is COC(=O)C(COC(C)(C)C)N[C@](c1ccc2[nH]ccc2c1)(S(=O)(=O)CC[Si](C)(C)C)S(=O)(=O)c1c(C)cc(OC)c(C)c1C. The van der Waals surface area contributed by atoms with E-state index in [2.05, 4.69) is 10.3 Å². The summed E-state index contributed by atoms with van der Waals surface area (Å²) in [7, 11) is -8.91. The number of nitrogens with one attached hydrogen (secondary N) is 2. The summed E-state index contributed by atoms with van der Waals surface area (Å²) in [4.78, 5) is 16.2. The summed E-state index contributed by atoms with van der Waals surface area (Å²) < 4.78 is 74.7. The molecule has 0 fully saturated rings. The molecule has 2 N–H and O–H groups in total. The van der Waals surface area contributed by atoms with Gasteiger partial charge in [-0.05, 0) is 93.9 Å². The molecule has 1 unspecified atom stereocenters. The van der Waals surface area contributed by atoms with Crippen molar-refractivity contribution in [2.75, 3.05) is 26.6 Å². The van der Waals surface area contributed by atoms with E-state index in [0.717, 1.165) is 7.11 Å². The molecule has 0 aliphatic heterocycles. The van der Waals surface area contributed by atoms with Crippen molar-refractivity contribution >= 4 is 44.6 Å². The number of rotatable bonds is 13. The number of sulfone groups is 2. The molecule has 3 aromatic rings. The monoisotopic (exact) mass is 680 g/mol. The highest BCUT2D eigenvalue weighted by Crippen LogP contribution is 2.44. The third-order valence-electron chi connectivity index (χ3n) is 7.87. The zero-order valence-corrected chi connectivity index (χ0v) is 30.9. The second-order valence-corrected chi connectivity index (χ2v) is 23.8. The fourth-order valence-corrected chi connectivity index (χ4v) is 13.8. The largest absolute Gasteiger partial charge is 0.496 e. The first-order chi connectivity index (χ1) is 20.6.